The van der Waals surface area contributed by atoms with Gasteiger partial charge in [0.15, 0.2) is 11.6 Å². The lowest BCUT2D eigenvalue weighted by Crippen LogP contribution is -2.08. The summed E-state index contributed by atoms with van der Waals surface area (Å²) in [6.45, 7) is 5.93. The van der Waals surface area contributed by atoms with Gasteiger partial charge in [-0.25, -0.2) is 8.78 Å². The second-order valence-corrected chi connectivity index (χ2v) is 5.24. The van der Waals surface area contributed by atoms with Crippen molar-refractivity contribution in [3.8, 4) is 0 Å². The van der Waals surface area contributed by atoms with E-state index in [0.29, 0.717) is 0 Å². The van der Waals surface area contributed by atoms with Crippen LogP contribution in [0.3, 0.4) is 0 Å². The van der Waals surface area contributed by atoms with E-state index in [9.17, 15) is 13.9 Å². The molecule has 1 unspecified atom stereocenters. The van der Waals surface area contributed by atoms with Gasteiger partial charge in [0.1, 0.15) is 0 Å². The fraction of sp³-hybridized carbons (Fsp3) is 0.294. The highest BCUT2D eigenvalue weighted by Gasteiger charge is 2.18. The van der Waals surface area contributed by atoms with Crippen LogP contribution in [0.25, 0.3) is 0 Å². The minimum absolute atomic E-state index is 0.00405. The quantitative estimate of drug-likeness (QED) is 0.892. The fourth-order valence-corrected chi connectivity index (χ4v) is 2.61. The van der Waals surface area contributed by atoms with E-state index in [1.165, 1.54) is 12.1 Å². The van der Waals surface area contributed by atoms with Gasteiger partial charge in [0.25, 0.3) is 0 Å². The predicted octanol–water partition coefficient (Wildman–Crippen LogP) is 4.17. The van der Waals surface area contributed by atoms with Gasteiger partial charge in [0, 0.05) is 12.0 Å². The van der Waals surface area contributed by atoms with Crippen LogP contribution < -0.4 is 0 Å². The third kappa shape index (κ3) is 2.88. The molecule has 0 spiro atoms. The third-order valence-electron chi connectivity index (χ3n) is 3.58. The molecule has 0 aliphatic rings. The SMILES string of the molecule is Cc1cc(C)c(CC(O)c2cccc(F)c2F)c(C)c1. The summed E-state index contributed by atoms with van der Waals surface area (Å²) in [5.41, 5.74) is 4.24. The Bertz CT molecular complexity index is 612. The number of aryl methyl sites for hydroxylation is 3. The van der Waals surface area contributed by atoms with Crippen LogP contribution in [0.15, 0.2) is 30.3 Å². The van der Waals surface area contributed by atoms with E-state index in [2.05, 4.69) is 0 Å². The van der Waals surface area contributed by atoms with Crippen LogP contribution in [0.5, 0.6) is 0 Å². The topological polar surface area (TPSA) is 20.2 Å². The Kier molecular flexibility index (Phi) is 4.19. The number of hydrogen-bond donors (Lipinski definition) is 1. The average Bonchev–Trinajstić information content (AvgIpc) is 2.36. The summed E-state index contributed by atoms with van der Waals surface area (Å²) in [6.07, 6.45) is -0.774. The monoisotopic (exact) mass is 276 g/mol. The molecule has 1 nitrogen and oxygen atoms in total. The number of aliphatic hydroxyl groups is 1. The minimum Gasteiger partial charge on any atom is -0.388 e. The molecule has 0 aliphatic heterocycles. The highest BCUT2D eigenvalue weighted by atomic mass is 19.2. The van der Waals surface area contributed by atoms with Crippen LogP contribution in [0.1, 0.15) is 33.9 Å². The number of halogens is 2. The largest absolute Gasteiger partial charge is 0.388 e. The van der Waals surface area contributed by atoms with Crippen LogP contribution in [-0.2, 0) is 6.42 Å². The molecule has 0 fully saturated rings. The van der Waals surface area contributed by atoms with E-state index in [1.54, 1.807) is 0 Å². The van der Waals surface area contributed by atoms with Crippen molar-refractivity contribution in [3.05, 3.63) is 69.8 Å². The average molecular weight is 276 g/mol. The summed E-state index contributed by atoms with van der Waals surface area (Å²) in [6, 6.07) is 7.93. The molecular formula is C17H18F2O. The first-order valence-corrected chi connectivity index (χ1v) is 6.59. The highest BCUT2D eigenvalue weighted by molar-refractivity contribution is 5.38. The van der Waals surface area contributed by atoms with E-state index in [0.717, 1.165) is 28.3 Å². The third-order valence-corrected chi connectivity index (χ3v) is 3.58. The van der Waals surface area contributed by atoms with Gasteiger partial charge in [-0.1, -0.05) is 29.8 Å². The first kappa shape index (κ1) is 14.7. The summed E-state index contributed by atoms with van der Waals surface area (Å²) < 4.78 is 26.9. The summed E-state index contributed by atoms with van der Waals surface area (Å²) in [7, 11) is 0. The Hall–Kier alpha value is -1.74. The summed E-state index contributed by atoms with van der Waals surface area (Å²) in [5.74, 6) is -1.90. The van der Waals surface area contributed by atoms with Crippen molar-refractivity contribution >= 4 is 0 Å². The zero-order valence-electron chi connectivity index (χ0n) is 11.9. The maximum absolute atomic E-state index is 13.7. The Labute approximate surface area is 117 Å². The van der Waals surface area contributed by atoms with Crippen molar-refractivity contribution in [3.63, 3.8) is 0 Å². The van der Waals surface area contributed by atoms with Gasteiger partial charge in [-0.05, 0) is 43.5 Å². The molecule has 2 aromatic rings. The Morgan fingerprint density at radius 3 is 2.25 bits per heavy atom. The summed E-state index contributed by atoms with van der Waals surface area (Å²) in [4.78, 5) is 0. The smallest absolute Gasteiger partial charge is 0.164 e. The van der Waals surface area contributed by atoms with Crippen molar-refractivity contribution in [1.29, 1.82) is 0 Å². The van der Waals surface area contributed by atoms with Crippen LogP contribution in [-0.4, -0.2) is 5.11 Å². The molecule has 2 rings (SSSR count). The molecule has 0 aromatic heterocycles. The number of benzene rings is 2. The molecule has 0 aliphatic carbocycles. The van der Waals surface area contributed by atoms with Crippen molar-refractivity contribution in [2.75, 3.05) is 0 Å². The van der Waals surface area contributed by atoms with Crippen LogP contribution >= 0.6 is 0 Å². The van der Waals surface area contributed by atoms with E-state index >= 15 is 0 Å². The Morgan fingerprint density at radius 1 is 1.05 bits per heavy atom. The lowest BCUT2D eigenvalue weighted by Gasteiger charge is -2.16. The van der Waals surface area contributed by atoms with E-state index in [-0.39, 0.29) is 12.0 Å². The minimum atomic E-state index is -1.05. The lowest BCUT2D eigenvalue weighted by molar-refractivity contribution is 0.172. The number of rotatable bonds is 3. The van der Waals surface area contributed by atoms with Gasteiger partial charge >= 0.3 is 0 Å². The van der Waals surface area contributed by atoms with Crippen LogP contribution in [0.2, 0.25) is 0 Å². The van der Waals surface area contributed by atoms with Crippen LogP contribution in [0, 0.1) is 32.4 Å². The molecular weight excluding hydrogens is 258 g/mol. The van der Waals surface area contributed by atoms with Crippen molar-refractivity contribution in [2.24, 2.45) is 0 Å². The molecule has 0 radical (unpaired) electrons. The second-order valence-electron chi connectivity index (χ2n) is 5.24. The maximum atomic E-state index is 13.7. The molecule has 106 valence electrons. The van der Waals surface area contributed by atoms with Crippen LogP contribution in [0.4, 0.5) is 8.78 Å². The molecule has 0 bridgehead atoms. The Balaban J connectivity index is 2.33. The fourth-order valence-electron chi connectivity index (χ4n) is 2.61. The summed E-state index contributed by atoms with van der Waals surface area (Å²) >= 11 is 0. The van der Waals surface area contributed by atoms with Crippen molar-refractivity contribution in [1.82, 2.24) is 0 Å². The van der Waals surface area contributed by atoms with E-state index < -0.39 is 17.7 Å². The molecule has 0 heterocycles. The zero-order valence-corrected chi connectivity index (χ0v) is 11.9. The first-order chi connectivity index (χ1) is 9.40. The van der Waals surface area contributed by atoms with Gasteiger partial charge in [-0.3, -0.25) is 0 Å². The molecule has 2 aromatic carbocycles. The molecule has 0 amide bonds. The summed E-state index contributed by atoms with van der Waals surface area (Å²) in [5, 5.41) is 10.2. The second kappa shape index (κ2) is 5.71. The van der Waals surface area contributed by atoms with Gasteiger partial charge in [-0.2, -0.15) is 0 Å². The standard InChI is InChI=1S/C17H18F2O/c1-10-7-11(2)14(12(3)8-10)9-16(20)13-5-4-6-15(18)17(13)19/h4-8,16,20H,9H2,1-3H3. The predicted molar refractivity (Wildman–Crippen MR) is 75.7 cm³/mol. The van der Waals surface area contributed by atoms with Gasteiger partial charge < -0.3 is 5.11 Å². The molecule has 20 heavy (non-hydrogen) atoms. The highest BCUT2D eigenvalue weighted by Crippen LogP contribution is 2.26. The lowest BCUT2D eigenvalue weighted by atomic mass is 9.93. The molecule has 1 atom stereocenters. The van der Waals surface area contributed by atoms with Crippen molar-refractivity contribution < 1.29 is 13.9 Å². The molecule has 0 saturated carbocycles. The normalized spacial score (nSPS) is 12.5. The number of hydrogen-bond acceptors (Lipinski definition) is 1. The molecule has 3 heteroatoms. The zero-order chi connectivity index (χ0) is 14.9. The molecule has 0 saturated heterocycles. The first-order valence-electron chi connectivity index (χ1n) is 6.59. The van der Waals surface area contributed by atoms with E-state index in [1.807, 2.05) is 32.9 Å². The molecule has 1 N–H and O–H groups in total. The Morgan fingerprint density at radius 2 is 1.65 bits per heavy atom. The van der Waals surface area contributed by atoms with Gasteiger partial charge in [0.2, 0.25) is 0 Å². The van der Waals surface area contributed by atoms with Crippen molar-refractivity contribution in [2.45, 2.75) is 33.3 Å². The number of aliphatic hydroxyl groups excluding tert-OH is 1. The van der Waals surface area contributed by atoms with E-state index in [4.69, 9.17) is 0 Å². The van der Waals surface area contributed by atoms with Gasteiger partial charge in [-0.15, -0.1) is 0 Å². The maximum Gasteiger partial charge on any atom is 0.164 e. The van der Waals surface area contributed by atoms with Gasteiger partial charge in [0.05, 0.1) is 6.10 Å².